The van der Waals surface area contributed by atoms with E-state index in [4.69, 9.17) is 0 Å². The smallest absolute Gasteiger partial charge is 0.0886 e. The van der Waals surface area contributed by atoms with Crippen LogP contribution in [0.5, 0.6) is 0 Å². The van der Waals surface area contributed by atoms with Crippen molar-refractivity contribution in [3.63, 3.8) is 0 Å². The predicted molar refractivity (Wildman–Crippen MR) is 129 cm³/mol. The number of nitrogens with zero attached hydrogens (tertiary/aromatic N) is 1. The number of hydrogen-bond donors (Lipinski definition) is 0. The van der Waals surface area contributed by atoms with Crippen molar-refractivity contribution in [2.75, 3.05) is 12.3 Å². The predicted octanol–water partition coefficient (Wildman–Crippen LogP) is 6.90. The van der Waals surface area contributed by atoms with Gasteiger partial charge in [0.25, 0.3) is 0 Å². The summed E-state index contributed by atoms with van der Waals surface area (Å²) in [5.41, 5.74) is 3.08. The average Bonchev–Trinajstić information content (AvgIpc) is 3.20. The number of benzene rings is 1. The van der Waals surface area contributed by atoms with Crippen molar-refractivity contribution in [1.29, 1.82) is 0 Å². The molecule has 0 aliphatic heterocycles. The highest BCUT2D eigenvalue weighted by Gasteiger charge is 2.32. The zero-order valence-electron chi connectivity index (χ0n) is 18.3. The Labute approximate surface area is 170 Å². The maximum Gasteiger partial charge on any atom is 0.0886 e. The standard InChI is InChI=1S/C24H40NPSi/c1-6-11-20-26(21-12-7-2)24-18-15-19-25(24)22-16-13-14-17-23(22)27(8-3,9-4)10-5/h13-19H,6-12,20-21H2,1-5H3. The van der Waals surface area contributed by atoms with E-state index in [1.54, 1.807) is 10.6 Å². The molecule has 1 nitrogen and oxygen atoms in total. The minimum atomic E-state index is -1.42. The van der Waals surface area contributed by atoms with Gasteiger partial charge in [0, 0.05) is 17.3 Å². The molecule has 0 saturated heterocycles. The maximum absolute atomic E-state index is 2.58. The quantitative estimate of drug-likeness (QED) is 0.269. The molecule has 0 N–H and O–H groups in total. The van der Waals surface area contributed by atoms with Crippen LogP contribution >= 0.6 is 7.92 Å². The summed E-state index contributed by atoms with van der Waals surface area (Å²) in [5.74, 6) is 0. The van der Waals surface area contributed by atoms with E-state index in [-0.39, 0.29) is 7.92 Å². The minimum Gasteiger partial charge on any atom is -0.317 e. The fraction of sp³-hybridized carbons (Fsp3) is 0.583. The summed E-state index contributed by atoms with van der Waals surface area (Å²) in [4.78, 5) is 0. The molecular formula is C24H40NPSi. The van der Waals surface area contributed by atoms with Crippen LogP contribution in [0, 0.1) is 0 Å². The summed E-state index contributed by atoms with van der Waals surface area (Å²) < 4.78 is 2.58. The van der Waals surface area contributed by atoms with Crippen molar-refractivity contribution in [1.82, 2.24) is 4.57 Å². The third kappa shape index (κ3) is 5.15. The molecular weight excluding hydrogens is 361 g/mol. The molecule has 0 aliphatic rings. The normalized spacial score (nSPS) is 12.1. The van der Waals surface area contributed by atoms with Crippen LogP contribution in [0.1, 0.15) is 60.3 Å². The van der Waals surface area contributed by atoms with Gasteiger partial charge < -0.3 is 4.57 Å². The van der Waals surface area contributed by atoms with Crippen molar-refractivity contribution < 1.29 is 0 Å². The largest absolute Gasteiger partial charge is 0.317 e. The maximum atomic E-state index is 2.58. The van der Waals surface area contributed by atoms with Gasteiger partial charge in [-0.2, -0.15) is 0 Å². The average molecular weight is 402 g/mol. The van der Waals surface area contributed by atoms with E-state index >= 15 is 0 Å². The molecule has 0 bridgehead atoms. The van der Waals surface area contributed by atoms with Crippen molar-refractivity contribution in [2.24, 2.45) is 0 Å². The minimum absolute atomic E-state index is 0.0576. The number of unbranched alkanes of at least 4 members (excludes halogenated alkanes) is 2. The first kappa shape index (κ1) is 22.4. The highest BCUT2D eigenvalue weighted by Crippen LogP contribution is 2.38. The van der Waals surface area contributed by atoms with Crippen molar-refractivity contribution in [3.8, 4) is 5.69 Å². The van der Waals surface area contributed by atoms with Crippen LogP contribution in [-0.4, -0.2) is 25.0 Å². The van der Waals surface area contributed by atoms with E-state index < -0.39 is 8.07 Å². The lowest BCUT2D eigenvalue weighted by Gasteiger charge is -2.32. The molecule has 1 aromatic carbocycles. The third-order valence-corrected chi connectivity index (χ3v) is 14.7. The number of aromatic nitrogens is 1. The molecule has 0 unspecified atom stereocenters. The second-order valence-corrected chi connectivity index (χ2v) is 15.4. The molecule has 1 aromatic heterocycles. The molecule has 3 heteroatoms. The lowest BCUT2D eigenvalue weighted by molar-refractivity contribution is 0.869. The zero-order valence-corrected chi connectivity index (χ0v) is 20.2. The van der Waals surface area contributed by atoms with Gasteiger partial charge in [-0.15, -0.1) is 0 Å². The van der Waals surface area contributed by atoms with Gasteiger partial charge in [0.15, 0.2) is 0 Å². The first-order chi connectivity index (χ1) is 13.2. The van der Waals surface area contributed by atoms with E-state index in [0.717, 1.165) is 0 Å². The van der Waals surface area contributed by atoms with Crippen LogP contribution in [0.15, 0.2) is 42.6 Å². The molecule has 0 aliphatic carbocycles. The Kier molecular flexibility index (Phi) is 9.33. The Morgan fingerprint density at radius 2 is 1.37 bits per heavy atom. The van der Waals surface area contributed by atoms with E-state index in [0.29, 0.717) is 0 Å². The van der Waals surface area contributed by atoms with Crippen LogP contribution in [0.2, 0.25) is 18.1 Å². The van der Waals surface area contributed by atoms with Gasteiger partial charge in [-0.05, 0) is 48.6 Å². The second kappa shape index (κ2) is 11.2. The van der Waals surface area contributed by atoms with Crippen molar-refractivity contribution in [3.05, 3.63) is 42.6 Å². The van der Waals surface area contributed by atoms with Crippen LogP contribution in [0.25, 0.3) is 5.69 Å². The fourth-order valence-corrected chi connectivity index (χ4v) is 11.0. The summed E-state index contributed by atoms with van der Waals surface area (Å²) in [6.45, 7) is 11.9. The van der Waals surface area contributed by atoms with Gasteiger partial charge in [0.1, 0.15) is 0 Å². The molecule has 0 radical (unpaired) electrons. The van der Waals surface area contributed by atoms with E-state index in [2.05, 4.69) is 81.8 Å². The van der Waals surface area contributed by atoms with E-state index in [1.807, 2.05) is 0 Å². The number of hydrogen-bond acceptors (Lipinski definition) is 0. The van der Waals surface area contributed by atoms with Gasteiger partial charge >= 0.3 is 0 Å². The Balaban J connectivity index is 2.50. The Morgan fingerprint density at radius 1 is 0.778 bits per heavy atom. The van der Waals surface area contributed by atoms with Gasteiger partial charge in [0.05, 0.1) is 8.07 Å². The monoisotopic (exact) mass is 401 g/mol. The highest BCUT2D eigenvalue weighted by molar-refractivity contribution is 7.65. The molecule has 0 atom stereocenters. The van der Waals surface area contributed by atoms with E-state index in [1.165, 1.54) is 61.8 Å². The molecule has 27 heavy (non-hydrogen) atoms. The highest BCUT2D eigenvalue weighted by atomic mass is 31.1. The topological polar surface area (TPSA) is 4.93 Å². The lowest BCUT2D eigenvalue weighted by atomic mass is 10.3. The van der Waals surface area contributed by atoms with Crippen LogP contribution < -0.4 is 10.6 Å². The van der Waals surface area contributed by atoms with Crippen LogP contribution in [0.4, 0.5) is 0 Å². The van der Waals surface area contributed by atoms with Crippen LogP contribution in [0.3, 0.4) is 0 Å². The summed E-state index contributed by atoms with van der Waals surface area (Å²) in [7, 11) is -1.47. The lowest BCUT2D eigenvalue weighted by Crippen LogP contribution is -2.48. The number of para-hydroxylation sites is 1. The molecule has 150 valence electrons. The molecule has 0 spiro atoms. The molecule has 2 aromatic rings. The Morgan fingerprint density at radius 3 is 1.93 bits per heavy atom. The Hall–Kier alpha value is -0.853. The fourth-order valence-electron chi connectivity index (χ4n) is 4.33. The van der Waals surface area contributed by atoms with Crippen molar-refractivity contribution in [2.45, 2.75) is 78.4 Å². The third-order valence-electron chi connectivity index (χ3n) is 6.38. The van der Waals surface area contributed by atoms with Gasteiger partial charge in [-0.25, -0.2) is 0 Å². The van der Waals surface area contributed by atoms with Gasteiger partial charge in [-0.1, -0.05) is 91.7 Å². The SMILES string of the molecule is CCCCP(CCCC)c1cccn1-c1ccccc1[Si](CC)(CC)CC. The van der Waals surface area contributed by atoms with Gasteiger partial charge in [-0.3, -0.25) is 0 Å². The molecule has 2 rings (SSSR count). The molecule has 0 amide bonds. The summed E-state index contributed by atoms with van der Waals surface area (Å²) >= 11 is 0. The first-order valence-electron chi connectivity index (χ1n) is 11.2. The number of rotatable bonds is 12. The second-order valence-electron chi connectivity index (χ2n) is 7.79. The molecule has 0 saturated carbocycles. The summed E-state index contributed by atoms with van der Waals surface area (Å²) in [6.07, 6.45) is 10.4. The van der Waals surface area contributed by atoms with Crippen LogP contribution in [-0.2, 0) is 0 Å². The summed E-state index contributed by atoms with van der Waals surface area (Å²) in [6, 6.07) is 18.1. The summed E-state index contributed by atoms with van der Waals surface area (Å²) in [5, 5.41) is 1.68. The first-order valence-corrected chi connectivity index (χ1v) is 15.5. The van der Waals surface area contributed by atoms with Gasteiger partial charge in [0.2, 0.25) is 0 Å². The molecule has 1 heterocycles. The zero-order chi connectivity index (χ0) is 19.7. The Bertz CT molecular complexity index is 658. The van der Waals surface area contributed by atoms with E-state index in [9.17, 15) is 0 Å². The molecule has 0 fully saturated rings. The van der Waals surface area contributed by atoms with Crippen molar-refractivity contribution >= 4 is 26.6 Å².